The normalized spacial score (nSPS) is 24.4. The van der Waals surface area contributed by atoms with E-state index in [4.69, 9.17) is 4.74 Å². The lowest BCUT2D eigenvalue weighted by atomic mass is 10.0. The fraction of sp³-hybridized carbons (Fsp3) is 0.526. The first-order chi connectivity index (χ1) is 12.9. The fourth-order valence-electron chi connectivity index (χ4n) is 4.02. The lowest BCUT2D eigenvalue weighted by Gasteiger charge is -2.21. The molecule has 4 rings (SSSR count). The molecule has 0 radical (unpaired) electrons. The summed E-state index contributed by atoms with van der Waals surface area (Å²) in [5.41, 5.74) is 1.79. The molecule has 1 unspecified atom stereocenters. The highest BCUT2D eigenvalue weighted by Gasteiger charge is 2.60. The predicted molar refractivity (Wildman–Crippen MR) is 96.8 cm³/mol. The van der Waals surface area contributed by atoms with E-state index in [9.17, 15) is 9.18 Å². The smallest absolute Gasteiger partial charge is 0.247 e. The van der Waals surface area contributed by atoms with Crippen LogP contribution in [0.4, 0.5) is 4.39 Å². The third-order valence-electron chi connectivity index (χ3n) is 5.85. The number of nitrogens with one attached hydrogen (secondary N) is 1. The monoisotopic (exact) mass is 373 g/mol. The van der Waals surface area contributed by atoms with Crippen LogP contribution in [-0.2, 0) is 16.8 Å². The number of piperidine rings is 1. The van der Waals surface area contributed by atoms with Crippen LogP contribution in [0.15, 0.2) is 24.4 Å². The van der Waals surface area contributed by atoms with Crippen LogP contribution >= 0.6 is 0 Å². The van der Waals surface area contributed by atoms with Gasteiger partial charge in [-0.3, -0.25) is 4.79 Å². The zero-order valence-corrected chi connectivity index (χ0v) is 15.8. The van der Waals surface area contributed by atoms with Crippen molar-refractivity contribution < 1.29 is 13.9 Å². The highest BCUT2D eigenvalue weighted by atomic mass is 19.1. The van der Waals surface area contributed by atoms with E-state index in [2.05, 4.69) is 15.6 Å². The third kappa shape index (κ3) is 3.07. The standard InChI is InChI=1S/C19H24FN5O2/c1-12(25-10-17(22-23-25)19-7-14(19)8-21-11-19)18(26)24(2)9-13-4-5-16(27-3)15(20)6-13/h4-6,10,12,14,21H,7-9,11H2,1-3H3/t12?,14-,19-/m1/s1. The molecule has 1 saturated heterocycles. The van der Waals surface area contributed by atoms with Crippen molar-refractivity contribution in [1.29, 1.82) is 0 Å². The van der Waals surface area contributed by atoms with Gasteiger partial charge in [-0.25, -0.2) is 9.07 Å². The molecular weight excluding hydrogens is 349 g/mol. The molecule has 0 bridgehead atoms. The van der Waals surface area contributed by atoms with Gasteiger partial charge in [0.2, 0.25) is 5.91 Å². The summed E-state index contributed by atoms with van der Waals surface area (Å²) in [7, 11) is 3.13. The number of hydrogen-bond donors (Lipinski definition) is 1. The van der Waals surface area contributed by atoms with Gasteiger partial charge in [0.05, 0.1) is 12.8 Å². The van der Waals surface area contributed by atoms with Crippen LogP contribution in [-0.4, -0.2) is 53.0 Å². The Balaban J connectivity index is 1.43. The Morgan fingerprint density at radius 3 is 3.00 bits per heavy atom. The van der Waals surface area contributed by atoms with Crippen LogP contribution in [0.1, 0.15) is 30.6 Å². The number of carbonyl (C=O) groups is 1. The summed E-state index contributed by atoms with van der Waals surface area (Å²) < 4.78 is 20.4. The van der Waals surface area contributed by atoms with E-state index in [-0.39, 0.29) is 17.1 Å². The number of amides is 1. The highest BCUT2D eigenvalue weighted by Crippen LogP contribution is 2.55. The van der Waals surface area contributed by atoms with Gasteiger partial charge in [-0.15, -0.1) is 5.10 Å². The minimum absolute atomic E-state index is 0.0999. The van der Waals surface area contributed by atoms with Crippen molar-refractivity contribution in [2.24, 2.45) is 5.92 Å². The number of nitrogens with zero attached hydrogens (tertiary/aromatic N) is 4. The number of rotatable bonds is 6. The van der Waals surface area contributed by atoms with Gasteiger partial charge in [0.25, 0.3) is 0 Å². The second-order valence-electron chi connectivity index (χ2n) is 7.61. The second-order valence-corrected chi connectivity index (χ2v) is 7.61. The summed E-state index contributed by atoms with van der Waals surface area (Å²) in [4.78, 5) is 14.4. The summed E-state index contributed by atoms with van der Waals surface area (Å²) in [5, 5.41) is 11.9. The molecule has 1 N–H and O–H groups in total. The lowest BCUT2D eigenvalue weighted by Crippen LogP contribution is -2.33. The average molecular weight is 373 g/mol. The quantitative estimate of drug-likeness (QED) is 0.831. The topological polar surface area (TPSA) is 72.3 Å². The molecule has 1 aromatic carbocycles. The molecule has 7 nitrogen and oxygen atoms in total. The summed E-state index contributed by atoms with van der Waals surface area (Å²) in [6, 6.07) is 4.24. The number of halogens is 1. The summed E-state index contributed by atoms with van der Waals surface area (Å²) >= 11 is 0. The van der Waals surface area contributed by atoms with Gasteiger partial charge in [-0.05, 0) is 43.5 Å². The number of likely N-dealkylation sites (N-methyl/N-ethyl adjacent to an activating group) is 1. The van der Waals surface area contributed by atoms with Gasteiger partial charge in [0.15, 0.2) is 11.6 Å². The maximum atomic E-state index is 13.9. The van der Waals surface area contributed by atoms with Gasteiger partial charge >= 0.3 is 0 Å². The summed E-state index contributed by atoms with van der Waals surface area (Å²) in [6.07, 6.45) is 3.04. The Labute approximate surface area is 157 Å². The van der Waals surface area contributed by atoms with Gasteiger partial charge in [-0.1, -0.05) is 11.3 Å². The van der Waals surface area contributed by atoms with E-state index in [1.807, 2.05) is 6.20 Å². The molecule has 1 aromatic heterocycles. The van der Waals surface area contributed by atoms with Crippen LogP contribution < -0.4 is 10.1 Å². The lowest BCUT2D eigenvalue weighted by molar-refractivity contribution is -0.133. The zero-order chi connectivity index (χ0) is 19.2. The van der Waals surface area contributed by atoms with Crippen LogP contribution in [0, 0.1) is 11.7 Å². The first-order valence-electron chi connectivity index (χ1n) is 9.15. The minimum Gasteiger partial charge on any atom is -0.494 e. The first kappa shape index (κ1) is 17.9. The molecule has 144 valence electrons. The minimum atomic E-state index is -0.470. The number of methoxy groups -OCH3 is 1. The number of hydrogen-bond acceptors (Lipinski definition) is 5. The Hall–Kier alpha value is -2.48. The van der Waals surface area contributed by atoms with Crippen molar-refractivity contribution in [2.75, 3.05) is 27.2 Å². The predicted octanol–water partition coefficient (Wildman–Crippen LogP) is 1.51. The molecule has 27 heavy (non-hydrogen) atoms. The highest BCUT2D eigenvalue weighted by molar-refractivity contribution is 5.79. The molecule has 1 aliphatic carbocycles. The molecule has 8 heteroatoms. The van der Waals surface area contributed by atoms with Gasteiger partial charge in [0, 0.05) is 31.7 Å². The Morgan fingerprint density at radius 2 is 2.37 bits per heavy atom. The van der Waals surface area contributed by atoms with E-state index < -0.39 is 11.9 Å². The van der Waals surface area contributed by atoms with Crippen LogP contribution in [0.5, 0.6) is 5.75 Å². The number of aromatic nitrogens is 3. The molecule has 2 fully saturated rings. The fourth-order valence-corrected chi connectivity index (χ4v) is 4.02. The van der Waals surface area contributed by atoms with E-state index in [1.165, 1.54) is 13.2 Å². The van der Waals surface area contributed by atoms with Crippen molar-refractivity contribution in [3.63, 3.8) is 0 Å². The molecule has 0 spiro atoms. The summed E-state index contributed by atoms with van der Waals surface area (Å²) in [5.74, 6) is 0.294. The number of ether oxygens (including phenoxy) is 1. The molecule has 2 heterocycles. The zero-order valence-electron chi connectivity index (χ0n) is 15.8. The Morgan fingerprint density at radius 1 is 1.56 bits per heavy atom. The third-order valence-corrected chi connectivity index (χ3v) is 5.85. The number of fused-ring (bicyclic) bond motifs is 1. The molecule has 2 aromatic rings. The van der Waals surface area contributed by atoms with Crippen molar-refractivity contribution in [3.8, 4) is 5.75 Å². The van der Waals surface area contributed by atoms with Crippen molar-refractivity contribution >= 4 is 5.91 Å². The number of carbonyl (C=O) groups excluding carboxylic acids is 1. The van der Waals surface area contributed by atoms with E-state index in [0.717, 1.165) is 25.2 Å². The van der Waals surface area contributed by atoms with Crippen LogP contribution in [0.2, 0.25) is 0 Å². The average Bonchev–Trinajstić information content (AvgIpc) is 3.02. The van der Waals surface area contributed by atoms with E-state index >= 15 is 0 Å². The molecule has 1 aliphatic heterocycles. The van der Waals surface area contributed by atoms with Crippen LogP contribution in [0.3, 0.4) is 0 Å². The first-order valence-corrected chi connectivity index (χ1v) is 9.15. The molecular formula is C19H24FN5O2. The van der Waals surface area contributed by atoms with E-state index in [1.54, 1.807) is 35.7 Å². The largest absolute Gasteiger partial charge is 0.494 e. The van der Waals surface area contributed by atoms with Crippen molar-refractivity contribution in [3.05, 3.63) is 41.5 Å². The van der Waals surface area contributed by atoms with Crippen LogP contribution in [0.25, 0.3) is 0 Å². The Kier molecular flexibility index (Phi) is 4.38. The number of benzene rings is 1. The van der Waals surface area contributed by atoms with Crippen molar-refractivity contribution in [1.82, 2.24) is 25.2 Å². The molecule has 1 saturated carbocycles. The molecule has 3 atom stereocenters. The van der Waals surface area contributed by atoms with Gasteiger partial charge in [-0.2, -0.15) is 0 Å². The maximum absolute atomic E-state index is 13.9. The SMILES string of the molecule is COc1ccc(CN(C)C(=O)C(C)n2cc([C@]34CNC[C@H]3C4)nn2)cc1F. The molecule has 1 amide bonds. The van der Waals surface area contributed by atoms with Crippen molar-refractivity contribution in [2.45, 2.75) is 31.3 Å². The van der Waals surface area contributed by atoms with Gasteiger partial charge in [0.1, 0.15) is 6.04 Å². The van der Waals surface area contributed by atoms with Gasteiger partial charge < -0.3 is 15.0 Å². The van der Waals surface area contributed by atoms with E-state index in [0.29, 0.717) is 18.0 Å². The molecule has 2 aliphatic rings. The Bertz CT molecular complexity index is 870. The maximum Gasteiger partial charge on any atom is 0.247 e. The second kappa shape index (κ2) is 6.60. The summed E-state index contributed by atoms with van der Waals surface area (Å²) in [6.45, 7) is 4.08.